The first-order valence-corrected chi connectivity index (χ1v) is 5.45. The minimum Gasteiger partial charge on any atom is -0.380 e. The van der Waals surface area contributed by atoms with E-state index in [0.29, 0.717) is 0 Å². The molecule has 0 aliphatic carbocycles. The summed E-state index contributed by atoms with van der Waals surface area (Å²) in [5.41, 5.74) is 0.930. The fourth-order valence-corrected chi connectivity index (χ4v) is 1.09. The van der Waals surface area contributed by atoms with E-state index < -0.39 is 0 Å². The van der Waals surface area contributed by atoms with Crippen molar-refractivity contribution in [1.82, 2.24) is 10.2 Å². The highest BCUT2D eigenvalue weighted by Gasteiger charge is 1.93. The number of rotatable bonds is 7. The molecule has 0 spiro atoms. The number of nitrogens with one attached hydrogen (secondary N) is 1. The Morgan fingerprint density at radius 1 is 1.27 bits per heavy atom. The molecule has 84 valence electrons. The molecule has 15 heavy (non-hydrogen) atoms. The van der Waals surface area contributed by atoms with Gasteiger partial charge in [0.2, 0.25) is 0 Å². The third kappa shape index (κ3) is 5.32. The fourth-order valence-electron chi connectivity index (χ4n) is 1.09. The Labute approximate surface area is 91.1 Å². The summed E-state index contributed by atoms with van der Waals surface area (Å²) in [6.45, 7) is 6.42. The Hall–Kier alpha value is -1.16. The molecule has 0 atom stereocenters. The third-order valence-electron chi connectivity index (χ3n) is 1.99. The Bertz CT molecular complexity index is 261. The van der Waals surface area contributed by atoms with Gasteiger partial charge < -0.3 is 10.1 Å². The summed E-state index contributed by atoms with van der Waals surface area (Å²) in [6, 6.07) is 3.86. The molecule has 0 unspecified atom stereocenters. The highest BCUT2D eigenvalue weighted by molar-refractivity contribution is 5.32. The second kappa shape index (κ2) is 7.17. The molecule has 0 aliphatic heterocycles. The largest absolute Gasteiger partial charge is 0.380 e. The second-order valence-electron chi connectivity index (χ2n) is 3.45. The molecule has 0 saturated carbocycles. The van der Waals surface area contributed by atoms with Crippen molar-refractivity contribution in [3.05, 3.63) is 17.8 Å². The number of anilines is 1. The lowest BCUT2D eigenvalue weighted by atomic mass is 10.4. The van der Waals surface area contributed by atoms with Gasteiger partial charge in [0.1, 0.15) is 5.82 Å². The molecule has 1 heterocycles. The summed E-state index contributed by atoms with van der Waals surface area (Å²) >= 11 is 0. The Balaban J connectivity index is 2.07. The van der Waals surface area contributed by atoms with E-state index >= 15 is 0 Å². The van der Waals surface area contributed by atoms with Crippen LogP contribution in [0.5, 0.6) is 0 Å². The standard InChI is InChI=1S/C11H19N3O/c1-3-4-8-15-9-7-12-11-6-5-10(2)13-14-11/h5-6H,3-4,7-9H2,1-2H3,(H,12,14). The Kier molecular flexibility index (Phi) is 5.70. The first-order chi connectivity index (χ1) is 7.33. The molecular formula is C11H19N3O. The normalized spacial score (nSPS) is 10.3. The first kappa shape index (κ1) is 11.9. The predicted octanol–water partition coefficient (Wildman–Crippen LogP) is 2.01. The Morgan fingerprint density at radius 2 is 2.13 bits per heavy atom. The lowest BCUT2D eigenvalue weighted by Gasteiger charge is -2.05. The molecule has 0 radical (unpaired) electrons. The molecule has 1 aromatic heterocycles. The van der Waals surface area contributed by atoms with Crippen LogP contribution in [0.1, 0.15) is 25.5 Å². The zero-order valence-electron chi connectivity index (χ0n) is 9.49. The Morgan fingerprint density at radius 3 is 2.80 bits per heavy atom. The van der Waals surface area contributed by atoms with Gasteiger partial charge in [0, 0.05) is 13.2 Å². The minimum atomic E-state index is 0.718. The van der Waals surface area contributed by atoms with Crippen LogP contribution in [0.25, 0.3) is 0 Å². The summed E-state index contributed by atoms with van der Waals surface area (Å²) in [5, 5.41) is 11.1. The van der Waals surface area contributed by atoms with Gasteiger partial charge in [-0.25, -0.2) is 0 Å². The smallest absolute Gasteiger partial charge is 0.148 e. The summed E-state index contributed by atoms with van der Waals surface area (Å²) in [7, 11) is 0. The molecule has 0 fully saturated rings. The van der Waals surface area contributed by atoms with Gasteiger partial charge in [-0.3, -0.25) is 0 Å². The maximum absolute atomic E-state index is 5.41. The number of nitrogens with zero attached hydrogens (tertiary/aromatic N) is 2. The van der Waals surface area contributed by atoms with E-state index in [1.165, 1.54) is 6.42 Å². The van der Waals surface area contributed by atoms with E-state index in [9.17, 15) is 0 Å². The molecule has 0 bridgehead atoms. The molecular weight excluding hydrogens is 190 g/mol. The van der Waals surface area contributed by atoms with E-state index in [2.05, 4.69) is 22.4 Å². The number of hydrogen-bond donors (Lipinski definition) is 1. The van der Waals surface area contributed by atoms with Gasteiger partial charge in [0.05, 0.1) is 12.3 Å². The van der Waals surface area contributed by atoms with Crippen LogP contribution in [0.4, 0.5) is 5.82 Å². The monoisotopic (exact) mass is 209 g/mol. The molecule has 4 nitrogen and oxygen atoms in total. The van der Waals surface area contributed by atoms with E-state index in [1.54, 1.807) is 0 Å². The van der Waals surface area contributed by atoms with Crippen LogP contribution in [0.2, 0.25) is 0 Å². The maximum Gasteiger partial charge on any atom is 0.148 e. The molecule has 0 aromatic carbocycles. The van der Waals surface area contributed by atoms with Crippen LogP contribution >= 0.6 is 0 Å². The molecule has 4 heteroatoms. The van der Waals surface area contributed by atoms with Crippen LogP contribution in [-0.2, 0) is 4.74 Å². The molecule has 1 N–H and O–H groups in total. The molecule has 0 amide bonds. The van der Waals surface area contributed by atoms with Crippen molar-refractivity contribution in [2.45, 2.75) is 26.7 Å². The van der Waals surface area contributed by atoms with Crippen molar-refractivity contribution >= 4 is 5.82 Å². The van der Waals surface area contributed by atoms with Crippen molar-refractivity contribution in [1.29, 1.82) is 0 Å². The third-order valence-corrected chi connectivity index (χ3v) is 1.99. The van der Waals surface area contributed by atoms with E-state index in [-0.39, 0.29) is 0 Å². The first-order valence-electron chi connectivity index (χ1n) is 5.45. The summed E-state index contributed by atoms with van der Waals surface area (Å²) < 4.78 is 5.41. The van der Waals surface area contributed by atoms with Gasteiger partial charge in [-0.05, 0) is 25.5 Å². The van der Waals surface area contributed by atoms with Crippen molar-refractivity contribution in [2.75, 3.05) is 25.1 Å². The lowest BCUT2D eigenvalue weighted by molar-refractivity contribution is 0.141. The highest BCUT2D eigenvalue weighted by Crippen LogP contribution is 1.99. The van der Waals surface area contributed by atoms with Crippen LogP contribution in [0, 0.1) is 6.92 Å². The summed E-state index contributed by atoms with van der Waals surface area (Å²) in [6.07, 6.45) is 2.31. The molecule has 0 saturated heterocycles. The molecule has 1 aromatic rings. The van der Waals surface area contributed by atoms with Crippen molar-refractivity contribution < 1.29 is 4.74 Å². The van der Waals surface area contributed by atoms with Crippen LogP contribution < -0.4 is 5.32 Å². The second-order valence-corrected chi connectivity index (χ2v) is 3.45. The number of aryl methyl sites for hydroxylation is 1. The van der Waals surface area contributed by atoms with Crippen LogP contribution in [0.15, 0.2) is 12.1 Å². The maximum atomic E-state index is 5.41. The van der Waals surface area contributed by atoms with Gasteiger partial charge >= 0.3 is 0 Å². The van der Waals surface area contributed by atoms with E-state index in [4.69, 9.17) is 4.74 Å². The predicted molar refractivity (Wildman–Crippen MR) is 61.0 cm³/mol. The van der Waals surface area contributed by atoms with Crippen molar-refractivity contribution in [3.8, 4) is 0 Å². The van der Waals surface area contributed by atoms with Crippen LogP contribution in [-0.4, -0.2) is 30.0 Å². The number of ether oxygens (including phenoxy) is 1. The zero-order chi connectivity index (χ0) is 10.9. The van der Waals surface area contributed by atoms with E-state index in [0.717, 1.165) is 37.7 Å². The van der Waals surface area contributed by atoms with Gasteiger partial charge in [-0.2, -0.15) is 5.10 Å². The average molecular weight is 209 g/mol. The van der Waals surface area contributed by atoms with Gasteiger partial charge in [-0.1, -0.05) is 13.3 Å². The highest BCUT2D eigenvalue weighted by atomic mass is 16.5. The minimum absolute atomic E-state index is 0.718. The zero-order valence-corrected chi connectivity index (χ0v) is 9.49. The molecule has 0 aliphatic rings. The number of aromatic nitrogens is 2. The van der Waals surface area contributed by atoms with Gasteiger partial charge in [0.15, 0.2) is 0 Å². The van der Waals surface area contributed by atoms with Gasteiger partial charge in [0.25, 0.3) is 0 Å². The summed E-state index contributed by atoms with van der Waals surface area (Å²) in [5.74, 6) is 0.805. The SMILES string of the molecule is CCCCOCCNc1ccc(C)nn1. The average Bonchev–Trinajstić information content (AvgIpc) is 2.26. The van der Waals surface area contributed by atoms with Gasteiger partial charge in [-0.15, -0.1) is 5.10 Å². The number of unbranched alkanes of at least 4 members (excludes halogenated alkanes) is 1. The van der Waals surface area contributed by atoms with E-state index in [1.807, 2.05) is 19.1 Å². The lowest BCUT2D eigenvalue weighted by Crippen LogP contribution is -2.11. The topological polar surface area (TPSA) is 47.0 Å². The summed E-state index contributed by atoms with van der Waals surface area (Å²) in [4.78, 5) is 0. The quantitative estimate of drug-likeness (QED) is 0.698. The number of hydrogen-bond acceptors (Lipinski definition) is 4. The van der Waals surface area contributed by atoms with Crippen LogP contribution in [0.3, 0.4) is 0 Å². The van der Waals surface area contributed by atoms with Crippen molar-refractivity contribution in [3.63, 3.8) is 0 Å². The molecule has 1 rings (SSSR count). The fraction of sp³-hybridized carbons (Fsp3) is 0.636. The van der Waals surface area contributed by atoms with Crippen molar-refractivity contribution in [2.24, 2.45) is 0 Å².